The van der Waals surface area contributed by atoms with E-state index >= 15 is 0 Å². The van der Waals surface area contributed by atoms with E-state index in [9.17, 15) is 9.90 Å². The molecule has 116 valence electrons. The first-order chi connectivity index (χ1) is 11.3. The van der Waals surface area contributed by atoms with Crippen LogP contribution >= 0.6 is 0 Å². The lowest BCUT2D eigenvalue weighted by molar-refractivity contribution is -0.119. The number of Topliss-reactive ketones (excluding diaryl/α,β-unsaturated/α-hetero) is 1. The second-order valence-electron chi connectivity index (χ2n) is 5.77. The normalized spacial score (nSPS) is 12.2. The number of rotatable bonds is 6. The van der Waals surface area contributed by atoms with Gasteiger partial charge in [0.1, 0.15) is 5.78 Å². The topological polar surface area (TPSA) is 50.2 Å². The largest absolute Gasteiger partial charge is 0.396 e. The first kappa shape index (κ1) is 15.4. The van der Waals surface area contributed by atoms with Crippen LogP contribution in [0.1, 0.15) is 23.5 Å². The van der Waals surface area contributed by atoms with Gasteiger partial charge in [0.25, 0.3) is 0 Å². The van der Waals surface area contributed by atoms with Crippen molar-refractivity contribution in [2.45, 2.75) is 18.8 Å². The zero-order chi connectivity index (χ0) is 16.1. The minimum absolute atomic E-state index is 0.0147. The van der Waals surface area contributed by atoms with E-state index in [0.717, 1.165) is 21.9 Å². The molecule has 0 spiro atoms. The first-order valence-corrected chi connectivity index (χ1v) is 7.76. The fraction of sp³-hybridized carbons (Fsp3) is 0.200. The van der Waals surface area contributed by atoms with Crippen LogP contribution in [0.15, 0.2) is 67.0 Å². The van der Waals surface area contributed by atoms with Gasteiger partial charge in [-0.05, 0) is 22.6 Å². The van der Waals surface area contributed by atoms with Crippen molar-refractivity contribution in [1.82, 2.24) is 4.98 Å². The predicted molar refractivity (Wildman–Crippen MR) is 91.3 cm³/mol. The summed E-state index contributed by atoms with van der Waals surface area (Å²) in [4.78, 5) is 16.5. The second kappa shape index (κ2) is 7.16. The van der Waals surface area contributed by atoms with Crippen molar-refractivity contribution >= 4 is 16.6 Å². The zero-order valence-corrected chi connectivity index (χ0v) is 12.9. The lowest BCUT2D eigenvalue weighted by Gasteiger charge is -2.13. The van der Waals surface area contributed by atoms with Crippen molar-refractivity contribution < 1.29 is 9.90 Å². The highest BCUT2D eigenvalue weighted by Crippen LogP contribution is 2.21. The fourth-order valence-electron chi connectivity index (χ4n) is 2.83. The molecule has 0 aliphatic carbocycles. The monoisotopic (exact) mass is 305 g/mol. The highest BCUT2D eigenvalue weighted by molar-refractivity contribution is 5.86. The van der Waals surface area contributed by atoms with Gasteiger partial charge in [0, 0.05) is 36.5 Å². The Labute approximate surface area is 135 Å². The Balaban J connectivity index is 1.70. The van der Waals surface area contributed by atoms with Gasteiger partial charge in [-0.25, -0.2) is 0 Å². The molecule has 3 nitrogen and oxygen atoms in total. The Kier molecular flexibility index (Phi) is 4.79. The summed E-state index contributed by atoms with van der Waals surface area (Å²) in [6.07, 6.45) is 4.32. The SMILES string of the molecule is O=C(Cc1ccc2cnccc2c1)C[C@@H](CO)c1ccccc1. The Morgan fingerprint density at radius 3 is 2.65 bits per heavy atom. The van der Waals surface area contributed by atoms with E-state index in [-0.39, 0.29) is 18.3 Å². The van der Waals surface area contributed by atoms with Crippen molar-refractivity contribution in [3.8, 4) is 0 Å². The second-order valence-corrected chi connectivity index (χ2v) is 5.77. The van der Waals surface area contributed by atoms with Gasteiger partial charge in [-0.1, -0.05) is 48.5 Å². The molecule has 1 atom stereocenters. The molecule has 3 aromatic rings. The highest BCUT2D eigenvalue weighted by atomic mass is 16.3. The number of aliphatic hydroxyl groups excluding tert-OH is 1. The molecular formula is C20H19NO2. The average molecular weight is 305 g/mol. The summed E-state index contributed by atoms with van der Waals surface area (Å²) in [5.41, 5.74) is 2.01. The molecule has 1 N–H and O–H groups in total. The summed E-state index contributed by atoms with van der Waals surface area (Å²) < 4.78 is 0. The number of aliphatic hydroxyl groups is 1. The number of benzene rings is 2. The van der Waals surface area contributed by atoms with Crippen LogP contribution in [0, 0.1) is 0 Å². The number of carbonyl (C=O) groups is 1. The van der Waals surface area contributed by atoms with Crippen molar-refractivity contribution in [1.29, 1.82) is 0 Å². The van der Waals surface area contributed by atoms with E-state index in [0.29, 0.717) is 12.8 Å². The number of ketones is 1. The van der Waals surface area contributed by atoms with Gasteiger partial charge in [-0.2, -0.15) is 0 Å². The molecule has 0 aliphatic rings. The molecule has 0 radical (unpaired) electrons. The number of hydrogen-bond acceptors (Lipinski definition) is 3. The van der Waals surface area contributed by atoms with Crippen molar-refractivity contribution in [3.63, 3.8) is 0 Å². The Morgan fingerprint density at radius 1 is 1.04 bits per heavy atom. The van der Waals surface area contributed by atoms with E-state index in [1.54, 1.807) is 6.20 Å². The van der Waals surface area contributed by atoms with Crippen LogP contribution in [-0.2, 0) is 11.2 Å². The lowest BCUT2D eigenvalue weighted by Crippen LogP contribution is -2.12. The summed E-state index contributed by atoms with van der Waals surface area (Å²) in [6.45, 7) is -0.0147. The van der Waals surface area contributed by atoms with Crippen molar-refractivity contribution in [2.75, 3.05) is 6.61 Å². The number of pyridine rings is 1. The van der Waals surface area contributed by atoms with Gasteiger partial charge in [0.2, 0.25) is 0 Å². The van der Waals surface area contributed by atoms with Crippen LogP contribution in [0.4, 0.5) is 0 Å². The van der Waals surface area contributed by atoms with E-state index in [4.69, 9.17) is 0 Å². The van der Waals surface area contributed by atoms with Crippen LogP contribution in [0.2, 0.25) is 0 Å². The molecule has 23 heavy (non-hydrogen) atoms. The first-order valence-electron chi connectivity index (χ1n) is 7.76. The quantitative estimate of drug-likeness (QED) is 0.758. The number of carbonyl (C=O) groups excluding carboxylic acids is 1. The number of nitrogens with zero attached hydrogens (tertiary/aromatic N) is 1. The summed E-state index contributed by atoms with van der Waals surface area (Å²) in [5.74, 6) is 0.00895. The van der Waals surface area contributed by atoms with Gasteiger partial charge in [0.15, 0.2) is 0 Å². The average Bonchev–Trinajstić information content (AvgIpc) is 2.60. The minimum Gasteiger partial charge on any atom is -0.396 e. The Morgan fingerprint density at radius 2 is 1.87 bits per heavy atom. The van der Waals surface area contributed by atoms with E-state index in [1.807, 2.05) is 60.8 Å². The van der Waals surface area contributed by atoms with Crippen molar-refractivity contribution in [2.24, 2.45) is 0 Å². The van der Waals surface area contributed by atoms with Crippen LogP contribution < -0.4 is 0 Å². The molecule has 0 bridgehead atoms. The van der Waals surface area contributed by atoms with E-state index in [1.165, 1.54) is 0 Å². The van der Waals surface area contributed by atoms with Gasteiger partial charge < -0.3 is 5.11 Å². The Bertz CT molecular complexity index is 799. The van der Waals surface area contributed by atoms with Crippen LogP contribution in [0.5, 0.6) is 0 Å². The van der Waals surface area contributed by atoms with E-state index < -0.39 is 0 Å². The highest BCUT2D eigenvalue weighted by Gasteiger charge is 2.15. The molecule has 1 heterocycles. The van der Waals surface area contributed by atoms with Crippen LogP contribution in [-0.4, -0.2) is 22.5 Å². The molecule has 0 amide bonds. The van der Waals surface area contributed by atoms with E-state index in [2.05, 4.69) is 4.98 Å². The molecule has 1 aromatic heterocycles. The van der Waals surface area contributed by atoms with Crippen LogP contribution in [0.3, 0.4) is 0 Å². The van der Waals surface area contributed by atoms with Crippen LogP contribution in [0.25, 0.3) is 10.8 Å². The molecule has 2 aromatic carbocycles. The smallest absolute Gasteiger partial charge is 0.137 e. The molecule has 3 heteroatoms. The fourth-order valence-corrected chi connectivity index (χ4v) is 2.83. The van der Waals surface area contributed by atoms with Gasteiger partial charge >= 0.3 is 0 Å². The third-order valence-corrected chi connectivity index (χ3v) is 4.07. The summed E-state index contributed by atoms with van der Waals surface area (Å²) in [7, 11) is 0. The molecule has 0 unspecified atom stereocenters. The summed E-state index contributed by atoms with van der Waals surface area (Å²) >= 11 is 0. The molecule has 0 fully saturated rings. The zero-order valence-electron chi connectivity index (χ0n) is 12.9. The number of hydrogen-bond donors (Lipinski definition) is 1. The van der Waals surface area contributed by atoms with Gasteiger partial charge in [-0.3, -0.25) is 9.78 Å². The lowest BCUT2D eigenvalue weighted by atomic mass is 9.92. The summed E-state index contributed by atoms with van der Waals surface area (Å²) in [5, 5.41) is 11.7. The Hall–Kier alpha value is -2.52. The van der Waals surface area contributed by atoms with Gasteiger partial charge in [0.05, 0.1) is 6.61 Å². The van der Waals surface area contributed by atoms with Crippen molar-refractivity contribution in [3.05, 3.63) is 78.1 Å². The number of fused-ring (bicyclic) bond motifs is 1. The third-order valence-electron chi connectivity index (χ3n) is 4.07. The third kappa shape index (κ3) is 3.82. The summed E-state index contributed by atoms with van der Waals surface area (Å²) in [6, 6.07) is 17.6. The molecule has 0 aliphatic heterocycles. The molecule has 3 rings (SSSR count). The maximum absolute atomic E-state index is 12.4. The standard InChI is InChI=1S/C20H19NO2/c22-14-19(16-4-2-1-3-5-16)12-20(23)11-15-6-7-18-13-21-9-8-17(18)10-15/h1-10,13,19,22H,11-12,14H2/t19-/m0/s1. The number of aromatic nitrogens is 1. The molecular weight excluding hydrogens is 286 g/mol. The maximum Gasteiger partial charge on any atom is 0.137 e. The minimum atomic E-state index is -0.131. The van der Waals surface area contributed by atoms with Gasteiger partial charge in [-0.15, -0.1) is 0 Å². The molecule has 0 saturated heterocycles. The predicted octanol–water partition coefficient (Wildman–Crippen LogP) is 3.51. The maximum atomic E-state index is 12.4. The molecule has 0 saturated carbocycles.